The number of allylic oxidation sites excluding steroid dienone is 2. The van der Waals surface area contributed by atoms with Crippen molar-refractivity contribution in [3.63, 3.8) is 0 Å². The minimum Gasteiger partial charge on any atom is -0.439 e. The lowest BCUT2D eigenvalue weighted by Crippen LogP contribution is -2.39. The maximum Gasteiger partial charge on any atom is 0.265 e. The lowest BCUT2D eigenvalue weighted by molar-refractivity contribution is 0.357. The van der Waals surface area contributed by atoms with Crippen LogP contribution >= 0.6 is 11.6 Å². The lowest BCUT2D eigenvalue weighted by atomic mass is 9.88. The van der Waals surface area contributed by atoms with Gasteiger partial charge in [0.25, 0.3) is 10.0 Å². The molecule has 0 unspecified atom stereocenters. The Bertz CT molecular complexity index is 1470. The van der Waals surface area contributed by atoms with Gasteiger partial charge in [-0.1, -0.05) is 72.3 Å². The Balaban J connectivity index is 1.79. The predicted octanol–water partition coefficient (Wildman–Crippen LogP) is 4.87. The van der Waals surface area contributed by atoms with Gasteiger partial charge in [-0.25, -0.2) is 8.42 Å². The van der Waals surface area contributed by atoms with Crippen LogP contribution in [-0.4, -0.2) is 8.42 Å². The second-order valence-electron chi connectivity index (χ2n) is 7.65. The zero-order chi connectivity index (χ0) is 23.2. The highest BCUT2D eigenvalue weighted by Crippen LogP contribution is 2.52. The molecule has 0 saturated heterocycles. The number of hydrogen-bond donors (Lipinski definition) is 1. The molecular formula is C25H18ClN3O3S. The highest BCUT2D eigenvalue weighted by molar-refractivity contribution is 7.96. The molecule has 0 bridgehead atoms. The number of benzene rings is 3. The first kappa shape index (κ1) is 21.1. The topological polar surface area (TPSA) is 96.4 Å². The van der Waals surface area contributed by atoms with E-state index in [1.54, 1.807) is 48.5 Å². The Morgan fingerprint density at radius 3 is 2.39 bits per heavy atom. The van der Waals surface area contributed by atoms with Crippen molar-refractivity contribution in [2.45, 2.75) is 12.5 Å². The molecule has 2 aliphatic heterocycles. The number of nitrogens with zero attached hydrogens (tertiary/aromatic N) is 2. The molecule has 1 atom stereocenters. The molecule has 0 aliphatic carbocycles. The number of fused-ring (bicyclic) bond motifs is 2. The molecule has 164 valence electrons. The second-order valence-corrected chi connectivity index (χ2v) is 9.89. The number of ether oxygens (including phenoxy) is 1. The van der Waals surface area contributed by atoms with Crippen molar-refractivity contribution in [3.05, 3.63) is 117 Å². The Morgan fingerprint density at radius 1 is 1.00 bits per heavy atom. The van der Waals surface area contributed by atoms with E-state index >= 15 is 0 Å². The molecule has 2 aliphatic rings. The van der Waals surface area contributed by atoms with E-state index in [1.165, 1.54) is 4.31 Å². The number of para-hydroxylation sites is 1. The van der Waals surface area contributed by atoms with Gasteiger partial charge in [-0.15, -0.1) is 0 Å². The van der Waals surface area contributed by atoms with Crippen molar-refractivity contribution in [2.75, 3.05) is 4.31 Å². The lowest BCUT2D eigenvalue weighted by Gasteiger charge is -2.38. The van der Waals surface area contributed by atoms with Crippen molar-refractivity contribution < 1.29 is 13.2 Å². The number of sulfonamides is 1. The number of anilines is 1. The van der Waals surface area contributed by atoms with Crippen molar-refractivity contribution >= 4 is 33.1 Å². The Labute approximate surface area is 196 Å². The van der Waals surface area contributed by atoms with Crippen LogP contribution in [0.15, 0.2) is 95.2 Å². The molecule has 0 radical (unpaired) electrons. The first-order valence-electron chi connectivity index (χ1n) is 10.2. The van der Waals surface area contributed by atoms with E-state index in [4.69, 9.17) is 22.1 Å². The summed E-state index contributed by atoms with van der Waals surface area (Å²) in [5.74, 6) is -1.01. The van der Waals surface area contributed by atoms with Gasteiger partial charge in [0.15, 0.2) is 5.76 Å². The first-order chi connectivity index (χ1) is 15.9. The highest BCUT2D eigenvalue weighted by atomic mass is 35.5. The third-order valence-corrected chi connectivity index (χ3v) is 7.97. The number of nitrogens with two attached hydrogens (primary N) is 1. The summed E-state index contributed by atoms with van der Waals surface area (Å²) in [4.78, 5) is -0.0454. The fourth-order valence-corrected chi connectivity index (χ4v) is 6.40. The Morgan fingerprint density at radius 2 is 1.67 bits per heavy atom. The smallest absolute Gasteiger partial charge is 0.265 e. The molecule has 6 nitrogen and oxygen atoms in total. The predicted molar refractivity (Wildman–Crippen MR) is 127 cm³/mol. The minimum absolute atomic E-state index is 0.00414. The third-order valence-electron chi connectivity index (χ3n) is 5.74. The van der Waals surface area contributed by atoms with Crippen molar-refractivity contribution in [2.24, 2.45) is 5.73 Å². The first-order valence-corrected chi connectivity index (χ1v) is 12.0. The molecule has 8 heteroatoms. The molecule has 3 aromatic rings. The molecule has 0 spiro atoms. The number of nitriles is 1. The highest BCUT2D eigenvalue weighted by Gasteiger charge is 2.47. The molecule has 0 aromatic heterocycles. The Kier molecular flexibility index (Phi) is 5.12. The number of rotatable bonds is 3. The summed E-state index contributed by atoms with van der Waals surface area (Å²) in [5, 5.41) is 10.2. The molecule has 5 rings (SSSR count). The third kappa shape index (κ3) is 3.35. The molecule has 33 heavy (non-hydrogen) atoms. The van der Waals surface area contributed by atoms with E-state index in [0.29, 0.717) is 21.8 Å². The summed E-state index contributed by atoms with van der Waals surface area (Å²) in [5.41, 5.74) is 8.48. The largest absolute Gasteiger partial charge is 0.439 e. The van der Waals surface area contributed by atoms with Crippen LogP contribution in [0.4, 0.5) is 5.69 Å². The summed E-state index contributed by atoms with van der Waals surface area (Å²) >= 11 is 6.47. The van der Waals surface area contributed by atoms with Crippen LogP contribution in [0.2, 0.25) is 5.02 Å². The normalized spacial score (nSPS) is 18.8. The average molecular weight is 476 g/mol. The maximum atomic E-state index is 14.1. The van der Waals surface area contributed by atoms with Crippen LogP contribution in [-0.2, 0) is 21.3 Å². The van der Waals surface area contributed by atoms with Crippen LogP contribution in [0.3, 0.4) is 0 Å². The summed E-state index contributed by atoms with van der Waals surface area (Å²) in [6.07, 6.45) is 0. The summed E-state index contributed by atoms with van der Waals surface area (Å²) in [7, 11) is -4.13. The molecule has 0 fully saturated rings. The van der Waals surface area contributed by atoms with Crippen LogP contribution in [0.1, 0.15) is 22.6 Å². The van der Waals surface area contributed by atoms with Crippen molar-refractivity contribution in [1.82, 2.24) is 0 Å². The standard InChI is InChI=1S/C25H18ClN3O3S/c26-20-12-6-4-10-17(20)22-19(14-27)25(28)32-23-18-11-5-7-13-21(18)29(33(30,31)24(22)23)15-16-8-2-1-3-9-16/h1-13,22H,15,28H2/t22-/m0/s1. The van der Waals surface area contributed by atoms with Gasteiger partial charge in [0, 0.05) is 10.6 Å². The monoisotopic (exact) mass is 475 g/mol. The van der Waals surface area contributed by atoms with E-state index in [2.05, 4.69) is 0 Å². The van der Waals surface area contributed by atoms with E-state index in [1.807, 2.05) is 36.4 Å². The minimum atomic E-state index is -4.13. The average Bonchev–Trinajstić information content (AvgIpc) is 2.82. The molecule has 0 amide bonds. The van der Waals surface area contributed by atoms with Gasteiger partial charge in [-0.05, 0) is 29.3 Å². The van der Waals surface area contributed by atoms with E-state index in [9.17, 15) is 13.7 Å². The number of halogens is 1. The second kappa shape index (κ2) is 8.00. The van der Waals surface area contributed by atoms with Crippen molar-refractivity contribution in [1.29, 1.82) is 5.26 Å². The van der Waals surface area contributed by atoms with E-state index in [0.717, 1.165) is 5.56 Å². The van der Waals surface area contributed by atoms with Crippen LogP contribution in [0.25, 0.3) is 5.76 Å². The van der Waals surface area contributed by atoms with Crippen LogP contribution in [0, 0.1) is 11.3 Å². The SMILES string of the molecule is N#CC1=C(N)OC2=C([C@H]1c1ccccc1Cl)S(=O)(=O)N(Cc1ccccc1)c1ccccc12. The van der Waals surface area contributed by atoms with Gasteiger partial charge in [0.2, 0.25) is 5.88 Å². The summed E-state index contributed by atoms with van der Waals surface area (Å²) in [6.45, 7) is 0.118. The van der Waals surface area contributed by atoms with Crippen molar-refractivity contribution in [3.8, 4) is 6.07 Å². The Hall–Kier alpha value is -3.73. The van der Waals surface area contributed by atoms with Gasteiger partial charge in [-0.2, -0.15) is 5.26 Å². The van der Waals surface area contributed by atoms with Gasteiger partial charge in [0.1, 0.15) is 16.5 Å². The fourth-order valence-electron chi connectivity index (χ4n) is 4.25. The quantitative estimate of drug-likeness (QED) is 0.583. The zero-order valence-corrected chi connectivity index (χ0v) is 18.8. The van der Waals surface area contributed by atoms with Gasteiger partial charge in [-0.3, -0.25) is 4.31 Å². The van der Waals surface area contributed by atoms with Crippen LogP contribution in [0.5, 0.6) is 0 Å². The van der Waals surface area contributed by atoms with Crippen LogP contribution < -0.4 is 10.0 Å². The zero-order valence-electron chi connectivity index (χ0n) is 17.3. The molecule has 0 saturated carbocycles. The summed E-state index contributed by atoms with van der Waals surface area (Å²) in [6, 6.07) is 25.3. The van der Waals surface area contributed by atoms with Gasteiger partial charge >= 0.3 is 0 Å². The number of hydrogen-bond acceptors (Lipinski definition) is 5. The molecular weight excluding hydrogens is 458 g/mol. The van der Waals surface area contributed by atoms with Gasteiger partial charge < -0.3 is 10.5 Å². The van der Waals surface area contributed by atoms with E-state index in [-0.39, 0.29) is 28.7 Å². The molecule has 3 aromatic carbocycles. The molecule has 2 heterocycles. The molecule has 2 N–H and O–H groups in total. The summed E-state index contributed by atoms with van der Waals surface area (Å²) < 4.78 is 35.5. The fraction of sp³-hybridized carbons (Fsp3) is 0.0800. The van der Waals surface area contributed by atoms with Gasteiger partial charge in [0.05, 0.1) is 18.2 Å². The van der Waals surface area contributed by atoms with E-state index < -0.39 is 15.9 Å². The maximum absolute atomic E-state index is 14.1.